The molecule has 26 heavy (non-hydrogen) atoms. The van der Waals surface area contributed by atoms with Gasteiger partial charge < -0.3 is 10.1 Å². The summed E-state index contributed by atoms with van der Waals surface area (Å²) in [5, 5.41) is 4.05. The number of halogens is 1. The van der Waals surface area contributed by atoms with Crippen LogP contribution in [0.5, 0.6) is 5.75 Å². The van der Waals surface area contributed by atoms with Crippen LogP contribution in [0, 0.1) is 0 Å². The summed E-state index contributed by atoms with van der Waals surface area (Å²) in [4.78, 5) is 6.48. The number of hydrogen-bond acceptors (Lipinski definition) is 4. The summed E-state index contributed by atoms with van der Waals surface area (Å²) in [6.07, 6.45) is 2.58. The standard InChI is InChI=1S/C21H22ClN3O/c1-13-10-14(8-9-25(13)2)21-17-12-16(26-3)5-7-18(17)23-19-6-4-15(22)11-20(19)24-21/h4-7,10-13,23H,8-9H2,1-3H3/t13-/m0/s1/i2D3. The van der Waals surface area contributed by atoms with E-state index in [1.807, 2.05) is 49.4 Å². The third-order valence-corrected chi connectivity index (χ3v) is 5.04. The lowest BCUT2D eigenvalue weighted by molar-refractivity contribution is 0.288. The number of hydrogen-bond donors (Lipinski definition) is 1. The van der Waals surface area contributed by atoms with Crippen LogP contribution in [0.4, 0.5) is 17.1 Å². The molecule has 2 heterocycles. The molecule has 0 unspecified atom stereocenters. The number of anilines is 2. The second-order valence-electron chi connectivity index (χ2n) is 6.53. The van der Waals surface area contributed by atoms with Crippen LogP contribution in [0.2, 0.25) is 5.02 Å². The average Bonchev–Trinajstić information content (AvgIpc) is 2.82. The number of rotatable bonds is 2. The fourth-order valence-electron chi connectivity index (χ4n) is 3.34. The zero-order valence-electron chi connectivity index (χ0n) is 17.7. The Morgan fingerprint density at radius 3 is 2.88 bits per heavy atom. The van der Waals surface area contributed by atoms with Crippen LogP contribution in [0.15, 0.2) is 53.0 Å². The van der Waals surface area contributed by atoms with E-state index in [-0.39, 0.29) is 6.04 Å². The molecule has 2 aliphatic heterocycles. The number of ether oxygens (including phenoxy) is 1. The molecule has 0 amide bonds. The fourth-order valence-corrected chi connectivity index (χ4v) is 3.50. The molecule has 0 aliphatic carbocycles. The van der Waals surface area contributed by atoms with Gasteiger partial charge in [0, 0.05) is 33.0 Å². The van der Waals surface area contributed by atoms with E-state index in [1.54, 1.807) is 7.11 Å². The van der Waals surface area contributed by atoms with Gasteiger partial charge in [-0.1, -0.05) is 17.7 Å². The Kier molecular flexibility index (Phi) is 3.61. The maximum atomic E-state index is 7.75. The van der Waals surface area contributed by atoms with Crippen molar-refractivity contribution < 1.29 is 8.85 Å². The van der Waals surface area contributed by atoms with Gasteiger partial charge in [0.05, 0.1) is 24.2 Å². The van der Waals surface area contributed by atoms with Gasteiger partial charge in [-0.3, -0.25) is 4.90 Å². The summed E-state index contributed by atoms with van der Waals surface area (Å²) in [6, 6.07) is 11.2. The van der Waals surface area contributed by atoms with Crippen LogP contribution in [0.1, 0.15) is 23.0 Å². The average molecular weight is 371 g/mol. The molecule has 0 saturated heterocycles. The molecule has 5 heteroatoms. The second-order valence-corrected chi connectivity index (χ2v) is 6.97. The van der Waals surface area contributed by atoms with E-state index >= 15 is 0 Å². The zero-order chi connectivity index (χ0) is 20.8. The molecule has 1 N–H and O–H groups in total. The predicted molar refractivity (Wildman–Crippen MR) is 109 cm³/mol. The van der Waals surface area contributed by atoms with E-state index in [0.29, 0.717) is 18.0 Å². The number of likely N-dealkylation sites (N-methyl/N-ethyl adjacent to an activating group) is 1. The summed E-state index contributed by atoms with van der Waals surface area (Å²) in [5.74, 6) is 0.732. The zero-order valence-corrected chi connectivity index (χ0v) is 15.5. The van der Waals surface area contributed by atoms with Gasteiger partial charge in [0.1, 0.15) is 5.75 Å². The Bertz CT molecular complexity index is 1020. The van der Waals surface area contributed by atoms with Crippen LogP contribution >= 0.6 is 11.6 Å². The number of benzene rings is 2. The van der Waals surface area contributed by atoms with Crippen LogP contribution in [0.25, 0.3) is 0 Å². The number of methoxy groups -OCH3 is 1. The summed E-state index contributed by atoms with van der Waals surface area (Å²) >= 11 is 6.21. The molecule has 0 saturated carbocycles. The number of fused-ring (bicyclic) bond motifs is 2. The minimum absolute atomic E-state index is 0.224. The lowest BCUT2D eigenvalue weighted by Crippen LogP contribution is -2.33. The van der Waals surface area contributed by atoms with Crippen molar-refractivity contribution >= 4 is 34.4 Å². The van der Waals surface area contributed by atoms with Crippen molar-refractivity contribution in [1.29, 1.82) is 0 Å². The first kappa shape index (κ1) is 13.8. The van der Waals surface area contributed by atoms with E-state index < -0.39 is 6.98 Å². The molecule has 134 valence electrons. The monoisotopic (exact) mass is 370 g/mol. The lowest BCUT2D eigenvalue weighted by atomic mass is 9.93. The molecule has 0 radical (unpaired) electrons. The highest BCUT2D eigenvalue weighted by Crippen LogP contribution is 2.39. The number of nitrogens with one attached hydrogen (secondary N) is 1. The number of aliphatic imine (C=N–C) groups is 1. The van der Waals surface area contributed by atoms with Gasteiger partial charge in [-0.25, -0.2) is 4.99 Å². The highest BCUT2D eigenvalue weighted by atomic mass is 35.5. The van der Waals surface area contributed by atoms with Crippen molar-refractivity contribution in [3.63, 3.8) is 0 Å². The van der Waals surface area contributed by atoms with Crippen molar-refractivity contribution in [1.82, 2.24) is 4.90 Å². The van der Waals surface area contributed by atoms with Crippen molar-refractivity contribution in [3.05, 3.63) is 58.6 Å². The maximum Gasteiger partial charge on any atom is 0.119 e. The molecule has 1 atom stereocenters. The van der Waals surface area contributed by atoms with Crippen LogP contribution < -0.4 is 10.1 Å². The smallest absolute Gasteiger partial charge is 0.119 e. The largest absolute Gasteiger partial charge is 0.497 e. The van der Waals surface area contributed by atoms with Crippen LogP contribution in [-0.2, 0) is 0 Å². The first-order valence-corrected chi connectivity index (χ1v) is 8.95. The van der Waals surface area contributed by atoms with Gasteiger partial charge in [-0.05, 0) is 62.3 Å². The lowest BCUT2D eigenvalue weighted by Gasteiger charge is -2.29. The van der Waals surface area contributed by atoms with Gasteiger partial charge in [-0.2, -0.15) is 0 Å². The highest BCUT2D eigenvalue weighted by Gasteiger charge is 2.24. The van der Waals surface area contributed by atoms with Crippen molar-refractivity contribution in [2.75, 3.05) is 25.9 Å². The Balaban J connectivity index is 1.86. The molecule has 2 aromatic rings. The predicted octanol–water partition coefficient (Wildman–Crippen LogP) is 5.18. The SMILES string of the molecule is [2H]C([2H])([2H])N1CCC(C2=Nc3cc(Cl)ccc3Nc3ccc(OC)cc32)=C[C@@H]1C. The second kappa shape index (κ2) is 6.78. The molecule has 4 nitrogen and oxygen atoms in total. The maximum absolute atomic E-state index is 7.75. The first-order chi connectivity index (χ1) is 13.8. The van der Waals surface area contributed by atoms with Gasteiger partial charge in [0.2, 0.25) is 0 Å². The third-order valence-electron chi connectivity index (χ3n) is 4.80. The molecule has 4 rings (SSSR count). The molecule has 0 aromatic heterocycles. The highest BCUT2D eigenvalue weighted by molar-refractivity contribution is 6.31. The minimum atomic E-state index is -2.12. The molecule has 0 bridgehead atoms. The van der Waals surface area contributed by atoms with E-state index in [1.165, 1.54) is 4.90 Å². The number of nitrogens with zero attached hydrogens (tertiary/aromatic N) is 2. The Morgan fingerprint density at radius 2 is 2.12 bits per heavy atom. The van der Waals surface area contributed by atoms with Gasteiger partial charge in [-0.15, -0.1) is 0 Å². The quantitative estimate of drug-likeness (QED) is 0.791. The first-order valence-electron chi connectivity index (χ1n) is 10.1. The third kappa shape index (κ3) is 3.11. The summed E-state index contributed by atoms with van der Waals surface area (Å²) in [5.41, 5.74) is 5.26. The normalized spacial score (nSPS) is 21.7. The fraction of sp³-hybridized carbons (Fsp3) is 0.286. The summed E-state index contributed by atoms with van der Waals surface area (Å²) < 4.78 is 28.7. The molecule has 0 fully saturated rings. The topological polar surface area (TPSA) is 36.9 Å². The van der Waals surface area contributed by atoms with Crippen LogP contribution in [0.3, 0.4) is 0 Å². The molecular weight excluding hydrogens is 346 g/mol. The minimum Gasteiger partial charge on any atom is -0.497 e. The molecule has 2 aliphatic rings. The van der Waals surface area contributed by atoms with Crippen molar-refractivity contribution in [2.45, 2.75) is 19.4 Å². The van der Waals surface area contributed by atoms with Crippen molar-refractivity contribution in [2.24, 2.45) is 4.99 Å². The van der Waals surface area contributed by atoms with E-state index in [9.17, 15) is 0 Å². The van der Waals surface area contributed by atoms with Crippen molar-refractivity contribution in [3.8, 4) is 5.75 Å². The van der Waals surface area contributed by atoms with Crippen LogP contribution in [-0.4, -0.2) is 37.3 Å². The molecule has 2 aromatic carbocycles. The Labute approximate surface area is 163 Å². The Hall–Kier alpha value is -2.30. The summed E-state index contributed by atoms with van der Waals surface area (Å²) in [6.45, 7) is 0.228. The van der Waals surface area contributed by atoms with Gasteiger partial charge in [0.15, 0.2) is 0 Å². The summed E-state index contributed by atoms with van der Waals surface area (Å²) in [7, 11) is 1.63. The molecule has 0 spiro atoms. The van der Waals surface area contributed by atoms with Gasteiger partial charge >= 0.3 is 0 Å². The van der Waals surface area contributed by atoms with E-state index in [4.69, 9.17) is 25.4 Å². The molecular formula is C21H22ClN3O. The van der Waals surface area contributed by atoms with Gasteiger partial charge in [0.25, 0.3) is 0 Å². The van der Waals surface area contributed by atoms with E-state index in [2.05, 4.69) is 5.32 Å². The van der Waals surface area contributed by atoms with E-state index in [0.717, 1.165) is 39.7 Å². The Morgan fingerprint density at radius 1 is 1.27 bits per heavy atom.